The van der Waals surface area contributed by atoms with E-state index < -0.39 is 0 Å². The van der Waals surface area contributed by atoms with Gasteiger partial charge in [0.2, 0.25) is 5.91 Å². The number of allylic oxidation sites excluding steroid dienone is 1. The van der Waals surface area contributed by atoms with Crippen LogP contribution in [-0.2, 0) is 4.79 Å². The maximum Gasteiger partial charge on any atom is 0.246 e. The summed E-state index contributed by atoms with van der Waals surface area (Å²) in [6.45, 7) is 6.09. The van der Waals surface area contributed by atoms with Crippen LogP contribution in [0.25, 0.3) is 0 Å². The molecule has 13 heavy (non-hydrogen) atoms. The minimum atomic E-state index is -0.331. The Morgan fingerprint density at radius 3 is 2.69 bits per heavy atom. The molecular formula is C10H16N2O. The maximum atomic E-state index is 11.0. The fourth-order valence-electron chi connectivity index (χ4n) is 1.26. The van der Waals surface area contributed by atoms with Gasteiger partial charge in [0.15, 0.2) is 0 Å². The van der Waals surface area contributed by atoms with Crippen molar-refractivity contribution in [2.75, 3.05) is 0 Å². The molecule has 0 saturated carbocycles. The quantitative estimate of drug-likeness (QED) is 0.694. The van der Waals surface area contributed by atoms with E-state index in [-0.39, 0.29) is 11.8 Å². The van der Waals surface area contributed by atoms with E-state index >= 15 is 0 Å². The standard InChI is InChI=1S/C10H16N2O/c1-7(2)12-5-4-8(3)9(6-12)10(11)13/h4-8H,1-3H3,(H2,11,13). The van der Waals surface area contributed by atoms with Crippen molar-refractivity contribution in [2.24, 2.45) is 11.7 Å². The highest BCUT2D eigenvalue weighted by Crippen LogP contribution is 2.19. The molecule has 0 bridgehead atoms. The van der Waals surface area contributed by atoms with Gasteiger partial charge in [-0.2, -0.15) is 0 Å². The van der Waals surface area contributed by atoms with Gasteiger partial charge in [0.25, 0.3) is 0 Å². The number of nitrogens with zero attached hydrogens (tertiary/aromatic N) is 1. The zero-order chi connectivity index (χ0) is 10.0. The summed E-state index contributed by atoms with van der Waals surface area (Å²) >= 11 is 0. The molecule has 1 heterocycles. The smallest absolute Gasteiger partial charge is 0.246 e. The molecule has 0 aromatic rings. The zero-order valence-corrected chi connectivity index (χ0v) is 8.32. The Morgan fingerprint density at radius 2 is 2.23 bits per heavy atom. The van der Waals surface area contributed by atoms with Crippen LogP contribution in [0, 0.1) is 5.92 Å². The Bertz CT molecular complexity index is 266. The largest absolute Gasteiger partial charge is 0.366 e. The first-order valence-electron chi connectivity index (χ1n) is 4.49. The second-order valence-electron chi connectivity index (χ2n) is 3.62. The summed E-state index contributed by atoms with van der Waals surface area (Å²) in [5.41, 5.74) is 5.93. The molecule has 72 valence electrons. The molecule has 0 saturated heterocycles. The topological polar surface area (TPSA) is 46.3 Å². The lowest BCUT2D eigenvalue weighted by atomic mass is 9.99. The monoisotopic (exact) mass is 180 g/mol. The van der Waals surface area contributed by atoms with Crippen molar-refractivity contribution in [3.05, 3.63) is 24.0 Å². The molecule has 3 nitrogen and oxygen atoms in total. The molecule has 3 heteroatoms. The second-order valence-corrected chi connectivity index (χ2v) is 3.62. The summed E-state index contributed by atoms with van der Waals surface area (Å²) in [5, 5.41) is 0. The van der Waals surface area contributed by atoms with Crippen molar-refractivity contribution in [2.45, 2.75) is 26.8 Å². The van der Waals surface area contributed by atoms with Gasteiger partial charge in [-0.25, -0.2) is 0 Å². The minimum Gasteiger partial charge on any atom is -0.366 e. The van der Waals surface area contributed by atoms with Crippen LogP contribution >= 0.6 is 0 Å². The van der Waals surface area contributed by atoms with E-state index in [9.17, 15) is 4.79 Å². The highest BCUT2D eigenvalue weighted by atomic mass is 16.1. The number of carbonyl (C=O) groups is 1. The third-order valence-electron chi connectivity index (χ3n) is 2.21. The van der Waals surface area contributed by atoms with Crippen LogP contribution in [0.3, 0.4) is 0 Å². The summed E-state index contributed by atoms with van der Waals surface area (Å²) < 4.78 is 0. The Kier molecular flexibility index (Phi) is 2.76. The van der Waals surface area contributed by atoms with E-state index in [1.807, 2.05) is 30.3 Å². The highest BCUT2D eigenvalue weighted by molar-refractivity contribution is 5.92. The Hall–Kier alpha value is -1.25. The molecule has 1 aliphatic rings. The van der Waals surface area contributed by atoms with E-state index in [1.165, 1.54) is 0 Å². The van der Waals surface area contributed by atoms with Gasteiger partial charge in [0.05, 0.1) is 0 Å². The number of nitrogens with two attached hydrogens (primary N) is 1. The van der Waals surface area contributed by atoms with Gasteiger partial charge in [0.1, 0.15) is 0 Å². The van der Waals surface area contributed by atoms with E-state index in [2.05, 4.69) is 13.8 Å². The molecular weight excluding hydrogens is 164 g/mol. The number of carbonyl (C=O) groups excluding carboxylic acids is 1. The van der Waals surface area contributed by atoms with Crippen LogP contribution < -0.4 is 5.73 Å². The number of amides is 1. The van der Waals surface area contributed by atoms with Crippen LogP contribution in [0.5, 0.6) is 0 Å². The number of primary amides is 1. The molecule has 2 N–H and O–H groups in total. The molecule has 1 atom stereocenters. The Balaban J connectivity index is 2.87. The van der Waals surface area contributed by atoms with Crippen molar-refractivity contribution in [1.82, 2.24) is 4.90 Å². The number of rotatable bonds is 2. The first-order chi connectivity index (χ1) is 6.02. The zero-order valence-electron chi connectivity index (χ0n) is 8.32. The fraction of sp³-hybridized carbons (Fsp3) is 0.500. The van der Waals surface area contributed by atoms with E-state index in [4.69, 9.17) is 5.73 Å². The van der Waals surface area contributed by atoms with Crippen LogP contribution in [0.2, 0.25) is 0 Å². The van der Waals surface area contributed by atoms with Crippen molar-refractivity contribution in [3.63, 3.8) is 0 Å². The van der Waals surface area contributed by atoms with Gasteiger partial charge in [-0.05, 0) is 13.8 Å². The normalized spacial score (nSPS) is 22.0. The summed E-state index contributed by atoms with van der Waals surface area (Å²) in [6, 6.07) is 0.359. The van der Waals surface area contributed by atoms with E-state index in [1.54, 1.807) is 0 Å². The molecule has 0 aromatic heterocycles. The summed E-state index contributed by atoms with van der Waals surface area (Å²) in [7, 11) is 0. The summed E-state index contributed by atoms with van der Waals surface area (Å²) in [6.07, 6.45) is 5.81. The second kappa shape index (κ2) is 3.64. The molecule has 0 aromatic carbocycles. The first-order valence-corrected chi connectivity index (χ1v) is 4.49. The predicted molar refractivity (Wildman–Crippen MR) is 52.6 cm³/mol. The Morgan fingerprint density at radius 1 is 1.62 bits per heavy atom. The molecule has 1 amide bonds. The number of hydrogen-bond donors (Lipinski definition) is 1. The summed E-state index contributed by atoms with van der Waals surface area (Å²) in [5.74, 6) is -0.199. The van der Waals surface area contributed by atoms with Gasteiger partial charge in [0, 0.05) is 29.9 Å². The van der Waals surface area contributed by atoms with Crippen molar-refractivity contribution in [3.8, 4) is 0 Å². The SMILES string of the molecule is CC1C=CN(C(C)C)C=C1C(N)=O. The molecule has 1 unspecified atom stereocenters. The van der Waals surface area contributed by atoms with Gasteiger partial charge in [-0.1, -0.05) is 13.0 Å². The predicted octanol–water partition coefficient (Wildman–Crippen LogP) is 1.23. The van der Waals surface area contributed by atoms with Crippen molar-refractivity contribution in [1.29, 1.82) is 0 Å². The van der Waals surface area contributed by atoms with Crippen molar-refractivity contribution < 1.29 is 4.79 Å². The molecule has 0 spiro atoms. The molecule has 1 rings (SSSR count). The molecule has 0 radical (unpaired) electrons. The molecule has 0 aliphatic carbocycles. The lowest BCUT2D eigenvalue weighted by Gasteiger charge is -2.26. The van der Waals surface area contributed by atoms with Crippen molar-refractivity contribution >= 4 is 5.91 Å². The lowest BCUT2D eigenvalue weighted by Crippen LogP contribution is -2.28. The van der Waals surface area contributed by atoms with Crippen LogP contribution in [0.1, 0.15) is 20.8 Å². The van der Waals surface area contributed by atoms with Crippen LogP contribution in [0.15, 0.2) is 24.0 Å². The fourth-order valence-corrected chi connectivity index (χ4v) is 1.26. The third kappa shape index (κ3) is 2.11. The molecule has 0 fully saturated rings. The molecule has 1 aliphatic heterocycles. The average molecular weight is 180 g/mol. The summed E-state index contributed by atoms with van der Waals surface area (Å²) in [4.78, 5) is 13.0. The van der Waals surface area contributed by atoms with Gasteiger partial charge in [-0.15, -0.1) is 0 Å². The highest BCUT2D eigenvalue weighted by Gasteiger charge is 2.17. The minimum absolute atomic E-state index is 0.132. The maximum absolute atomic E-state index is 11.0. The third-order valence-corrected chi connectivity index (χ3v) is 2.21. The first kappa shape index (κ1) is 9.84. The van der Waals surface area contributed by atoms with E-state index in [0.29, 0.717) is 11.6 Å². The van der Waals surface area contributed by atoms with Gasteiger partial charge < -0.3 is 10.6 Å². The Labute approximate surface area is 78.9 Å². The van der Waals surface area contributed by atoms with Gasteiger partial charge in [-0.3, -0.25) is 4.79 Å². The average Bonchev–Trinajstić information content (AvgIpc) is 2.04. The van der Waals surface area contributed by atoms with Gasteiger partial charge >= 0.3 is 0 Å². The lowest BCUT2D eigenvalue weighted by molar-refractivity contribution is -0.115. The van der Waals surface area contributed by atoms with Crippen LogP contribution in [0.4, 0.5) is 0 Å². The number of hydrogen-bond acceptors (Lipinski definition) is 2. The van der Waals surface area contributed by atoms with E-state index in [0.717, 1.165) is 0 Å². The van der Waals surface area contributed by atoms with Crippen LogP contribution in [-0.4, -0.2) is 16.8 Å².